The van der Waals surface area contributed by atoms with Crippen molar-refractivity contribution < 1.29 is 14.3 Å². The third-order valence-corrected chi connectivity index (χ3v) is 4.55. The highest BCUT2D eigenvalue weighted by molar-refractivity contribution is 5.88. The normalized spacial score (nSPS) is 21.2. The molecular formula is C17H21NO3. The Hall–Kier alpha value is -1.81. The molecule has 2 heterocycles. The number of aromatic amines is 1. The van der Waals surface area contributed by atoms with E-state index in [1.165, 1.54) is 22.0 Å². The van der Waals surface area contributed by atoms with Crippen LogP contribution in [0, 0.1) is 0 Å². The average Bonchev–Trinajstić information content (AvgIpc) is 2.92. The zero-order valence-corrected chi connectivity index (χ0v) is 12.6. The van der Waals surface area contributed by atoms with Gasteiger partial charge in [0.05, 0.1) is 12.3 Å². The summed E-state index contributed by atoms with van der Waals surface area (Å²) in [5.74, 6) is 0. The Morgan fingerprint density at radius 2 is 2.29 bits per heavy atom. The van der Waals surface area contributed by atoms with Crippen LogP contribution in [0.2, 0.25) is 0 Å². The summed E-state index contributed by atoms with van der Waals surface area (Å²) >= 11 is 0. The SMILES string of the molecule is CCc1cccc2c3c([nH]c12)C(CC)(COC=O)OCC3. The van der Waals surface area contributed by atoms with Gasteiger partial charge in [-0.2, -0.15) is 0 Å². The number of hydrogen-bond donors (Lipinski definition) is 1. The Kier molecular flexibility index (Phi) is 3.72. The van der Waals surface area contributed by atoms with Crippen LogP contribution in [0.3, 0.4) is 0 Å². The number of fused-ring (bicyclic) bond motifs is 3. The van der Waals surface area contributed by atoms with Gasteiger partial charge in [0, 0.05) is 10.9 Å². The van der Waals surface area contributed by atoms with Crippen molar-refractivity contribution in [2.75, 3.05) is 13.2 Å². The van der Waals surface area contributed by atoms with E-state index in [4.69, 9.17) is 9.47 Å². The summed E-state index contributed by atoms with van der Waals surface area (Å²) in [4.78, 5) is 14.2. The number of aryl methyl sites for hydroxylation is 1. The molecule has 0 fully saturated rings. The van der Waals surface area contributed by atoms with E-state index in [1.807, 2.05) is 0 Å². The molecule has 1 aromatic heterocycles. The van der Waals surface area contributed by atoms with Crippen LogP contribution >= 0.6 is 0 Å². The number of benzene rings is 1. The lowest BCUT2D eigenvalue weighted by Crippen LogP contribution is -2.39. The number of hydrogen-bond acceptors (Lipinski definition) is 3. The molecule has 1 aliphatic heterocycles. The third kappa shape index (κ3) is 2.14. The van der Waals surface area contributed by atoms with Crippen LogP contribution in [-0.4, -0.2) is 24.7 Å². The number of aromatic nitrogens is 1. The predicted molar refractivity (Wildman–Crippen MR) is 81.3 cm³/mol. The van der Waals surface area contributed by atoms with Crippen LogP contribution in [0.1, 0.15) is 37.1 Å². The Labute approximate surface area is 124 Å². The van der Waals surface area contributed by atoms with Crippen LogP contribution in [0.25, 0.3) is 10.9 Å². The highest BCUT2D eigenvalue weighted by Gasteiger charge is 2.39. The zero-order valence-electron chi connectivity index (χ0n) is 12.6. The highest BCUT2D eigenvalue weighted by Crippen LogP contribution is 2.40. The van der Waals surface area contributed by atoms with E-state index >= 15 is 0 Å². The summed E-state index contributed by atoms with van der Waals surface area (Å²) in [6, 6.07) is 6.43. The predicted octanol–water partition coefficient (Wildman–Crippen LogP) is 3.08. The van der Waals surface area contributed by atoms with Crippen LogP contribution < -0.4 is 0 Å². The standard InChI is InChI=1S/C17H21NO3/c1-3-12-6-5-7-13-14-8-9-21-17(4-2,10-20-11-19)16(14)18-15(12)13/h5-7,11,18H,3-4,8-10H2,1-2H3. The maximum absolute atomic E-state index is 10.6. The molecule has 1 unspecified atom stereocenters. The molecule has 112 valence electrons. The van der Waals surface area contributed by atoms with Gasteiger partial charge in [0.15, 0.2) is 0 Å². The monoisotopic (exact) mass is 287 g/mol. The quantitative estimate of drug-likeness (QED) is 0.860. The number of carbonyl (C=O) groups is 1. The largest absolute Gasteiger partial charge is 0.464 e. The average molecular weight is 287 g/mol. The molecule has 0 saturated carbocycles. The van der Waals surface area contributed by atoms with E-state index in [9.17, 15) is 4.79 Å². The van der Waals surface area contributed by atoms with E-state index in [0.29, 0.717) is 13.1 Å². The minimum absolute atomic E-state index is 0.258. The second kappa shape index (κ2) is 5.53. The zero-order chi connectivity index (χ0) is 14.9. The van der Waals surface area contributed by atoms with Gasteiger partial charge < -0.3 is 14.5 Å². The van der Waals surface area contributed by atoms with E-state index in [-0.39, 0.29) is 6.61 Å². The van der Waals surface area contributed by atoms with Crippen molar-refractivity contribution >= 4 is 17.4 Å². The maximum Gasteiger partial charge on any atom is 0.293 e. The lowest BCUT2D eigenvalue weighted by atomic mass is 9.89. The van der Waals surface area contributed by atoms with Gasteiger partial charge in [-0.05, 0) is 30.4 Å². The molecule has 0 spiro atoms. The van der Waals surface area contributed by atoms with Gasteiger partial charge in [-0.1, -0.05) is 32.0 Å². The van der Waals surface area contributed by atoms with E-state index in [1.54, 1.807) is 0 Å². The molecule has 4 heteroatoms. The molecule has 1 aromatic carbocycles. The number of H-pyrrole nitrogens is 1. The molecule has 2 aromatic rings. The topological polar surface area (TPSA) is 51.3 Å². The Bertz CT molecular complexity index is 661. The van der Waals surface area contributed by atoms with Gasteiger partial charge in [-0.25, -0.2) is 0 Å². The highest BCUT2D eigenvalue weighted by atomic mass is 16.6. The second-order valence-electron chi connectivity index (χ2n) is 5.53. The van der Waals surface area contributed by atoms with Crippen LogP contribution in [0.4, 0.5) is 0 Å². The number of nitrogens with one attached hydrogen (secondary N) is 1. The molecule has 1 N–H and O–H groups in total. The number of ether oxygens (including phenoxy) is 2. The van der Waals surface area contributed by atoms with E-state index < -0.39 is 5.60 Å². The smallest absolute Gasteiger partial charge is 0.293 e. The molecule has 1 atom stereocenters. The van der Waals surface area contributed by atoms with Gasteiger partial charge >= 0.3 is 0 Å². The summed E-state index contributed by atoms with van der Waals surface area (Å²) < 4.78 is 11.1. The van der Waals surface area contributed by atoms with Gasteiger partial charge in [-0.3, -0.25) is 4.79 Å². The van der Waals surface area contributed by atoms with Crippen molar-refractivity contribution in [2.45, 2.75) is 38.7 Å². The first-order chi connectivity index (χ1) is 10.3. The number of carbonyl (C=O) groups excluding carboxylic acids is 1. The molecule has 0 saturated heterocycles. The molecule has 0 aliphatic carbocycles. The molecule has 0 amide bonds. The minimum Gasteiger partial charge on any atom is -0.464 e. The summed E-state index contributed by atoms with van der Waals surface area (Å²) in [5.41, 5.74) is 4.35. The lowest BCUT2D eigenvalue weighted by Gasteiger charge is -2.35. The molecule has 1 aliphatic rings. The Balaban J connectivity index is 2.19. The van der Waals surface area contributed by atoms with Gasteiger partial charge in [0.2, 0.25) is 0 Å². The summed E-state index contributed by atoms with van der Waals surface area (Å²) in [7, 11) is 0. The first-order valence-corrected chi connectivity index (χ1v) is 7.58. The fraction of sp³-hybridized carbons (Fsp3) is 0.471. The van der Waals surface area contributed by atoms with Crippen molar-refractivity contribution in [1.82, 2.24) is 4.98 Å². The number of para-hydroxylation sites is 1. The van der Waals surface area contributed by atoms with Crippen molar-refractivity contribution in [3.63, 3.8) is 0 Å². The minimum atomic E-state index is -0.543. The van der Waals surface area contributed by atoms with Crippen LogP contribution in [0.5, 0.6) is 0 Å². The molecule has 0 radical (unpaired) electrons. The molecule has 3 rings (SSSR count). The molecule has 4 nitrogen and oxygen atoms in total. The molecular weight excluding hydrogens is 266 g/mol. The summed E-state index contributed by atoms with van der Waals surface area (Å²) in [6.45, 7) is 5.64. The molecule has 0 bridgehead atoms. The fourth-order valence-electron chi connectivity index (χ4n) is 3.36. The molecule has 21 heavy (non-hydrogen) atoms. The fourth-order valence-corrected chi connectivity index (χ4v) is 3.36. The van der Waals surface area contributed by atoms with Gasteiger partial charge in [-0.15, -0.1) is 0 Å². The van der Waals surface area contributed by atoms with Crippen molar-refractivity contribution in [3.05, 3.63) is 35.0 Å². The van der Waals surface area contributed by atoms with E-state index in [0.717, 1.165) is 25.0 Å². The Morgan fingerprint density at radius 1 is 1.43 bits per heavy atom. The maximum atomic E-state index is 10.6. The summed E-state index contributed by atoms with van der Waals surface area (Å²) in [5, 5.41) is 1.27. The second-order valence-corrected chi connectivity index (χ2v) is 5.53. The number of rotatable bonds is 5. The Morgan fingerprint density at radius 3 is 3.00 bits per heavy atom. The van der Waals surface area contributed by atoms with Crippen LogP contribution in [-0.2, 0) is 32.7 Å². The van der Waals surface area contributed by atoms with Gasteiger partial charge in [0.25, 0.3) is 6.47 Å². The first kappa shape index (κ1) is 14.1. The van der Waals surface area contributed by atoms with Crippen LogP contribution in [0.15, 0.2) is 18.2 Å². The summed E-state index contributed by atoms with van der Waals surface area (Å²) in [6.07, 6.45) is 2.65. The van der Waals surface area contributed by atoms with Crippen molar-refractivity contribution in [2.24, 2.45) is 0 Å². The lowest BCUT2D eigenvalue weighted by molar-refractivity contribution is -0.146. The van der Waals surface area contributed by atoms with Crippen molar-refractivity contribution in [1.29, 1.82) is 0 Å². The van der Waals surface area contributed by atoms with Gasteiger partial charge in [0.1, 0.15) is 12.2 Å². The van der Waals surface area contributed by atoms with E-state index in [2.05, 4.69) is 37.0 Å². The van der Waals surface area contributed by atoms with Crippen molar-refractivity contribution in [3.8, 4) is 0 Å². The third-order valence-electron chi connectivity index (χ3n) is 4.55. The first-order valence-electron chi connectivity index (χ1n) is 7.58.